The van der Waals surface area contributed by atoms with Gasteiger partial charge in [0.2, 0.25) is 0 Å². The normalized spacial score (nSPS) is 12.3. The van der Waals surface area contributed by atoms with E-state index in [1.165, 1.54) is 0 Å². The van der Waals surface area contributed by atoms with Gasteiger partial charge < -0.3 is 19.9 Å². The van der Waals surface area contributed by atoms with Gasteiger partial charge >= 0.3 is 0 Å². The third-order valence-corrected chi connectivity index (χ3v) is 2.74. The lowest BCUT2D eigenvalue weighted by molar-refractivity contribution is 0.191. The summed E-state index contributed by atoms with van der Waals surface area (Å²) in [6.07, 6.45) is -0.381. The van der Waals surface area contributed by atoms with Gasteiger partial charge in [-0.15, -0.1) is 0 Å². The van der Waals surface area contributed by atoms with E-state index < -0.39 is 0 Å². The molecule has 1 aromatic carbocycles. The van der Waals surface area contributed by atoms with Gasteiger partial charge in [-0.1, -0.05) is 11.6 Å². The third kappa shape index (κ3) is 4.37. The summed E-state index contributed by atoms with van der Waals surface area (Å²) in [6.45, 7) is 5.31. The van der Waals surface area contributed by atoms with E-state index in [4.69, 9.17) is 21.1 Å². The molecule has 0 saturated carbocycles. The number of hydrogen-bond acceptors (Lipinski definition) is 4. The average Bonchev–Trinajstić information content (AvgIpc) is 2.32. The van der Waals surface area contributed by atoms with Crippen LogP contribution < -0.4 is 14.8 Å². The van der Waals surface area contributed by atoms with Crippen molar-refractivity contribution in [2.24, 2.45) is 0 Å². The summed E-state index contributed by atoms with van der Waals surface area (Å²) < 4.78 is 10.7. The van der Waals surface area contributed by atoms with Gasteiger partial charge in [0.15, 0.2) is 11.5 Å². The molecule has 5 heteroatoms. The van der Waals surface area contributed by atoms with Gasteiger partial charge in [0.05, 0.1) is 19.8 Å². The number of nitrogens with one attached hydrogen (secondary N) is 1. The molecule has 0 aromatic heterocycles. The van der Waals surface area contributed by atoms with Crippen molar-refractivity contribution < 1.29 is 14.6 Å². The highest BCUT2D eigenvalue weighted by atomic mass is 35.5. The first-order chi connectivity index (χ1) is 8.58. The molecule has 0 heterocycles. The molecular formula is C13H20ClNO3. The van der Waals surface area contributed by atoms with E-state index in [0.29, 0.717) is 36.2 Å². The molecule has 0 aliphatic heterocycles. The average molecular weight is 274 g/mol. The Morgan fingerprint density at radius 1 is 1.39 bits per heavy atom. The van der Waals surface area contributed by atoms with Crippen LogP contribution >= 0.6 is 11.6 Å². The highest BCUT2D eigenvalue weighted by Crippen LogP contribution is 2.33. The smallest absolute Gasteiger partial charge is 0.162 e. The van der Waals surface area contributed by atoms with Crippen LogP contribution in [0.1, 0.15) is 19.4 Å². The summed E-state index contributed by atoms with van der Waals surface area (Å²) >= 11 is 6.16. The zero-order chi connectivity index (χ0) is 13.5. The zero-order valence-electron chi connectivity index (χ0n) is 11.0. The highest BCUT2D eigenvalue weighted by molar-refractivity contribution is 6.31. The number of halogens is 1. The van der Waals surface area contributed by atoms with Crippen LogP contribution in [0, 0.1) is 0 Å². The largest absolute Gasteiger partial charge is 0.493 e. The molecule has 1 atom stereocenters. The predicted octanol–water partition coefficient (Wildman–Crippen LogP) is 2.22. The summed E-state index contributed by atoms with van der Waals surface area (Å²) in [7, 11) is 1.58. The zero-order valence-corrected chi connectivity index (χ0v) is 11.8. The molecule has 0 spiro atoms. The fourth-order valence-electron chi connectivity index (χ4n) is 1.56. The molecule has 0 saturated heterocycles. The fraction of sp³-hybridized carbons (Fsp3) is 0.538. The second-order valence-corrected chi connectivity index (χ2v) is 4.41. The summed E-state index contributed by atoms with van der Waals surface area (Å²) in [5, 5.41) is 12.9. The summed E-state index contributed by atoms with van der Waals surface area (Å²) in [4.78, 5) is 0. The van der Waals surface area contributed by atoms with Crippen LogP contribution in [0.3, 0.4) is 0 Å². The summed E-state index contributed by atoms with van der Waals surface area (Å²) in [5.41, 5.74) is 0.918. The molecule has 0 fully saturated rings. The molecule has 102 valence electrons. The Kier molecular flexibility index (Phi) is 6.25. The van der Waals surface area contributed by atoms with Crippen molar-refractivity contribution in [1.82, 2.24) is 5.32 Å². The first kappa shape index (κ1) is 15.1. The van der Waals surface area contributed by atoms with Crippen molar-refractivity contribution in [2.45, 2.75) is 26.5 Å². The molecular weight excluding hydrogens is 254 g/mol. The van der Waals surface area contributed by atoms with Gasteiger partial charge in [-0.05, 0) is 25.5 Å². The Balaban J connectivity index is 2.80. The molecule has 2 N–H and O–H groups in total. The van der Waals surface area contributed by atoms with Gasteiger partial charge in [0.25, 0.3) is 0 Å². The predicted molar refractivity (Wildman–Crippen MR) is 72.6 cm³/mol. The Morgan fingerprint density at radius 2 is 2.11 bits per heavy atom. The van der Waals surface area contributed by atoms with Gasteiger partial charge in [-0.2, -0.15) is 0 Å². The molecule has 4 nitrogen and oxygen atoms in total. The first-order valence-corrected chi connectivity index (χ1v) is 6.34. The second-order valence-electron chi connectivity index (χ2n) is 4.01. The van der Waals surface area contributed by atoms with Crippen molar-refractivity contribution >= 4 is 11.6 Å². The van der Waals surface area contributed by atoms with E-state index in [9.17, 15) is 5.11 Å². The van der Waals surface area contributed by atoms with E-state index in [1.807, 2.05) is 13.0 Å². The van der Waals surface area contributed by atoms with E-state index >= 15 is 0 Å². The number of methoxy groups -OCH3 is 1. The number of ether oxygens (including phenoxy) is 2. The molecule has 1 unspecified atom stereocenters. The van der Waals surface area contributed by atoms with Crippen molar-refractivity contribution in [3.8, 4) is 11.5 Å². The standard InChI is InChI=1S/C13H20ClNO3/c1-4-18-13-5-10(8-15-7-9(2)16)11(14)6-12(13)17-3/h5-6,9,15-16H,4,7-8H2,1-3H3. The van der Waals surface area contributed by atoms with Crippen LogP contribution in [-0.2, 0) is 6.54 Å². The molecule has 1 aromatic rings. The fourth-order valence-corrected chi connectivity index (χ4v) is 1.78. The van der Waals surface area contributed by atoms with E-state index in [1.54, 1.807) is 20.1 Å². The van der Waals surface area contributed by atoms with Crippen LogP contribution in [0.25, 0.3) is 0 Å². The van der Waals surface area contributed by atoms with E-state index in [2.05, 4.69) is 5.32 Å². The molecule has 0 radical (unpaired) electrons. The molecule has 0 bridgehead atoms. The Labute approximate surface area is 113 Å². The maximum Gasteiger partial charge on any atom is 0.162 e. The van der Waals surface area contributed by atoms with Gasteiger partial charge in [0, 0.05) is 24.2 Å². The topological polar surface area (TPSA) is 50.7 Å². The maximum atomic E-state index is 9.18. The minimum atomic E-state index is -0.381. The number of aliphatic hydroxyl groups excluding tert-OH is 1. The first-order valence-electron chi connectivity index (χ1n) is 5.96. The Bertz CT molecular complexity index is 383. The maximum absolute atomic E-state index is 9.18. The lowest BCUT2D eigenvalue weighted by Gasteiger charge is -2.14. The van der Waals surface area contributed by atoms with Crippen LogP contribution in [-0.4, -0.2) is 31.5 Å². The van der Waals surface area contributed by atoms with Gasteiger partial charge in [-0.3, -0.25) is 0 Å². The quantitative estimate of drug-likeness (QED) is 0.800. The van der Waals surface area contributed by atoms with Crippen LogP contribution in [0.5, 0.6) is 11.5 Å². The molecule has 0 amide bonds. The lowest BCUT2D eigenvalue weighted by atomic mass is 10.2. The number of benzene rings is 1. The minimum Gasteiger partial charge on any atom is -0.493 e. The summed E-state index contributed by atoms with van der Waals surface area (Å²) in [5.74, 6) is 1.30. The number of hydrogen-bond donors (Lipinski definition) is 2. The molecule has 0 aliphatic carbocycles. The monoisotopic (exact) mass is 273 g/mol. The highest BCUT2D eigenvalue weighted by Gasteiger charge is 2.10. The third-order valence-electron chi connectivity index (χ3n) is 2.39. The molecule has 18 heavy (non-hydrogen) atoms. The van der Waals surface area contributed by atoms with Crippen LogP contribution in [0.4, 0.5) is 0 Å². The minimum absolute atomic E-state index is 0.381. The Hall–Kier alpha value is -0.970. The van der Waals surface area contributed by atoms with Gasteiger partial charge in [0.1, 0.15) is 0 Å². The van der Waals surface area contributed by atoms with Crippen molar-refractivity contribution in [2.75, 3.05) is 20.3 Å². The van der Waals surface area contributed by atoms with Crippen molar-refractivity contribution in [3.05, 3.63) is 22.7 Å². The van der Waals surface area contributed by atoms with Gasteiger partial charge in [-0.25, -0.2) is 0 Å². The number of aliphatic hydroxyl groups is 1. The Morgan fingerprint density at radius 3 is 2.67 bits per heavy atom. The van der Waals surface area contributed by atoms with E-state index in [0.717, 1.165) is 5.56 Å². The number of rotatable bonds is 7. The second kappa shape index (κ2) is 7.46. The molecule has 0 aliphatic rings. The van der Waals surface area contributed by atoms with Crippen molar-refractivity contribution in [3.63, 3.8) is 0 Å². The van der Waals surface area contributed by atoms with Crippen molar-refractivity contribution in [1.29, 1.82) is 0 Å². The summed E-state index contributed by atoms with van der Waals surface area (Å²) in [6, 6.07) is 3.60. The lowest BCUT2D eigenvalue weighted by Crippen LogP contribution is -2.24. The SMILES string of the molecule is CCOc1cc(CNCC(C)O)c(Cl)cc1OC. The van der Waals surface area contributed by atoms with Crippen LogP contribution in [0.15, 0.2) is 12.1 Å². The van der Waals surface area contributed by atoms with Crippen LogP contribution in [0.2, 0.25) is 5.02 Å². The van der Waals surface area contributed by atoms with E-state index in [-0.39, 0.29) is 6.10 Å². The molecule has 1 rings (SSSR count).